The standard InChI is InChI=1S/C37H34N4O4S2/c1-24(2)26-14-12-25(13-15-26)20-32(39-35(43)27-8-5-4-6-9-27)36(44)38-29-16-18-31(19-17-29)46-23-34(42)41-37-40-33(22-47-37)28-10-7-11-30(21-28)45-3/h4-22,24H,23H2,1-3H3,(H,38,44)(H,39,43)(H,40,41,42)/b32-20-. The maximum Gasteiger partial charge on any atom is 0.272 e. The lowest BCUT2D eigenvalue weighted by Gasteiger charge is -2.12. The quantitative estimate of drug-likeness (QED) is 0.0921. The number of anilines is 2. The highest BCUT2D eigenvalue weighted by Gasteiger charge is 2.16. The van der Waals surface area contributed by atoms with Gasteiger partial charge in [0.1, 0.15) is 11.4 Å². The molecule has 0 bridgehead atoms. The molecule has 0 fully saturated rings. The zero-order chi connectivity index (χ0) is 33.2. The van der Waals surface area contributed by atoms with E-state index in [1.54, 1.807) is 49.6 Å². The van der Waals surface area contributed by atoms with Gasteiger partial charge < -0.3 is 20.7 Å². The van der Waals surface area contributed by atoms with Crippen LogP contribution in [0.2, 0.25) is 0 Å². The van der Waals surface area contributed by atoms with Crippen molar-refractivity contribution in [2.45, 2.75) is 24.7 Å². The lowest BCUT2D eigenvalue weighted by Crippen LogP contribution is -2.30. The van der Waals surface area contributed by atoms with Crippen molar-refractivity contribution in [2.75, 3.05) is 23.5 Å². The number of hydrogen-bond donors (Lipinski definition) is 3. The first-order chi connectivity index (χ1) is 22.8. The summed E-state index contributed by atoms with van der Waals surface area (Å²) >= 11 is 2.73. The maximum atomic E-state index is 13.4. The van der Waals surface area contributed by atoms with E-state index >= 15 is 0 Å². The summed E-state index contributed by atoms with van der Waals surface area (Å²) in [5, 5.41) is 10.9. The largest absolute Gasteiger partial charge is 0.497 e. The summed E-state index contributed by atoms with van der Waals surface area (Å²) in [4.78, 5) is 44.4. The predicted molar refractivity (Wildman–Crippen MR) is 191 cm³/mol. The van der Waals surface area contributed by atoms with Crippen LogP contribution >= 0.6 is 23.1 Å². The summed E-state index contributed by atoms with van der Waals surface area (Å²) in [6.45, 7) is 4.23. The summed E-state index contributed by atoms with van der Waals surface area (Å²) in [6, 6.07) is 31.4. The molecule has 4 aromatic carbocycles. The molecule has 0 aliphatic carbocycles. The Morgan fingerprint density at radius 3 is 2.34 bits per heavy atom. The normalized spacial score (nSPS) is 11.2. The summed E-state index contributed by atoms with van der Waals surface area (Å²) in [7, 11) is 1.62. The van der Waals surface area contributed by atoms with Gasteiger partial charge in [0.05, 0.1) is 18.6 Å². The van der Waals surface area contributed by atoms with Gasteiger partial charge in [-0.2, -0.15) is 0 Å². The number of hydrogen-bond acceptors (Lipinski definition) is 7. The minimum Gasteiger partial charge on any atom is -0.497 e. The molecule has 238 valence electrons. The van der Waals surface area contributed by atoms with E-state index in [1.807, 2.05) is 72.1 Å². The van der Waals surface area contributed by atoms with Crippen LogP contribution in [0.25, 0.3) is 17.3 Å². The number of methoxy groups -OCH3 is 1. The van der Waals surface area contributed by atoms with Gasteiger partial charge >= 0.3 is 0 Å². The first-order valence-corrected chi connectivity index (χ1v) is 16.8. The molecule has 47 heavy (non-hydrogen) atoms. The van der Waals surface area contributed by atoms with Crippen molar-refractivity contribution in [2.24, 2.45) is 0 Å². The molecule has 0 aliphatic rings. The number of carbonyl (C=O) groups excluding carboxylic acids is 3. The van der Waals surface area contributed by atoms with Crippen molar-refractivity contribution in [1.82, 2.24) is 10.3 Å². The Hall–Kier alpha value is -5.19. The number of nitrogens with zero attached hydrogens (tertiary/aromatic N) is 1. The molecule has 10 heteroatoms. The van der Waals surface area contributed by atoms with Crippen molar-refractivity contribution < 1.29 is 19.1 Å². The van der Waals surface area contributed by atoms with Gasteiger partial charge in [0.15, 0.2) is 5.13 Å². The molecule has 0 atom stereocenters. The molecule has 8 nitrogen and oxygen atoms in total. The van der Waals surface area contributed by atoms with E-state index in [0.29, 0.717) is 22.3 Å². The lowest BCUT2D eigenvalue weighted by molar-refractivity contribution is -0.114. The molecule has 1 heterocycles. The van der Waals surface area contributed by atoms with Gasteiger partial charge in [0.25, 0.3) is 11.8 Å². The average Bonchev–Trinajstić information content (AvgIpc) is 3.56. The topological polar surface area (TPSA) is 109 Å². The molecule has 0 spiro atoms. The van der Waals surface area contributed by atoms with Crippen LogP contribution in [-0.2, 0) is 9.59 Å². The van der Waals surface area contributed by atoms with Gasteiger partial charge in [-0.3, -0.25) is 14.4 Å². The number of nitrogens with one attached hydrogen (secondary N) is 3. The van der Waals surface area contributed by atoms with E-state index in [2.05, 4.69) is 34.8 Å². The number of ether oxygens (including phenoxy) is 1. The predicted octanol–water partition coefficient (Wildman–Crippen LogP) is 8.08. The second-order valence-corrected chi connectivity index (χ2v) is 12.7. The van der Waals surface area contributed by atoms with Gasteiger partial charge in [-0.15, -0.1) is 23.1 Å². The number of amides is 3. The van der Waals surface area contributed by atoms with Crippen LogP contribution in [-0.4, -0.2) is 35.6 Å². The third-order valence-electron chi connectivity index (χ3n) is 7.04. The fourth-order valence-electron chi connectivity index (χ4n) is 4.47. The number of carbonyl (C=O) groups is 3. The molecule has 3 amide bonds. The number of rotatable bonds is 12. The van der Waals surface area contributed by atoms with Crippen LogP contribution in [0, 0.1) is 0 Å². The van der Waals surface area contributed by atoms with Gasteiger partial charge in [-0.1, -0.05) is 68.4 Å². The van der Waals surface area contributed by atoms with Crippen LogP contribution in [0.15, 0.2) is 119 Å². The van der Waals surface area contributed by atoms with Crippen LogP contribution < -0.4 is 20.7 Å². The third-order valence-corrected chi connectivity index (χ3v) is 8.81. The number of aromatic nitrogens is 1. The first kappa shape index (κ1) is 33.2. The molecular formula is C37H34N4O4S2. The SMILES string of the molecule is COc1cccc(-c2csc(NC(=O)CSc3ccc(NC(=O)/C(=C/c4ccc(C(C)C)cc4)NC(=O)c4ccccc4)cc3)n2)c1. The molecule has 1 aromatic heterocycles. The first-order valence-electron chi connectivity index (χ1n) is 14.9. The van der Waals surface area contributed by atoms with E-state index < -0.39 is 5.91 Å². The Morgan fingerprint density at radius 1 is 0.894 bits per heavy atom. The molecule has 0 aliphatic heterocycles. The highest BCUT2D eigenvalue weighted by molar-refractivity contribution is 8.00. The monoisotopic (exact) mass is 662 g/mol. The van der Waals surface area contributed by atoms with Crippen LogP contribution in [0.1, 0.15) is 41.3 Å². The van der Waals surface area contributed by atoms with Gasteiger partial charge in [-0.25, -0.2) is 4.98 Å². The second-order valence-electron chi connectivity index (χ2n) is 10.8. The Kier molecular flexibility index (Phi) is 11.2. The van der Waals surface area contributed by atoms with Crippen molar-refractivity contribution in [1.29, 1.82) is 0 Å². The average molecular weight is 663 g/mol. The zero-order valence-corrected chi connectivity index (χ0v) is 27.8. The van der Waals surface area contributed by atoms with Crippen LogP contribution in [0.5, 0.6) is 5.75 Å². The Labute approximate surface area is 282 Å². The highest BCUT2D eigenvalue weighted by atomic mass is 32.2. The summed E-state index contributed by atoms with van der Waals surface area (Å²) in [5.74, 6) is 0.282. The summed E-state index contributed by atoms with van der Waals surface area (Å²) in [5.41, 5.74) is 4.74. The fourth-order valence-corrected chi connectivity index (χ4v) is 5.90. The van der Waals surface area contributed by atoms with Crippen molar-refractivity contribution in [3.05, 3.63) is 131 Å². The third kappa shape index (κ3) is 9.41. The molecule has 0 saturated carbocycles. The van der Waals surface area contributed by atoms with Gasteiger partial charge in [-0.05, 0) is 71.7 Å². The molecular weight excluding hydrogens is 629 g/mol. The molecule has 3 N–H and O–H groups in total. The number of thioether (sulfide) groups is 1. The van der Waals surface area contributed by atoms with Crippen molar-refractivity contribution >= 4 is 57.7 Å². The van der Waals surface area contributed by atoms with E-state index in [4.69, 9.17) is 4.74 Å². The van der Waals surface area contributed by atoms with E-state index in [1.165, 1.54) is 28.7 Å². The van der Waals surface area contributed by atoms with Crippen molar-refractivity contribution in [3.8, 4) is 17.0 Å². The summed E-state index contributed by atoms with van der Waals surface area (Å²) < 4.78 is 5.28. The van der Waals surface area contributed by atoms with Crippen molar-refractivity contribution in [3.63, 3.8) is 0 Å². The molecule has 0 radical (unpaired) electrons. The lowest BCUT2D eigenvalue weighted by atomic mass is 10.0. The summed E-state index contributed by atoms with van der Waals surface area (Å²) in [6.07, 6.45) is 1.66. The van der Waals surface area contributed by atoms with Crippen LogP contribution in [0.3, 0.4) is 0 Å². The van der Waals surface area contributed by atoms with Gasteiger partial charge in [0, 0.05) is 27.1 Å². The Morgan fingerprint density at radius 2 is 1.64 bits per heavy atom. The number of thiazole rings is 1. The van der Waals surface area contributed by atoms with E-state index in [-0.39, 0.29) is 23.3 Å². The Bertz CT molecular complexity index is 1870. The second kappa shape index (κ2) is 15.9. The number of benzene rings is 4. The maximum absolute atomic E-state index is 13.4. The Balaban J connectivity index is 1.19. The molecule has 5 aromatic rings. The molecule has 5 rings (SSSR count). The minimum absolute atomic E-state index is 0.114. The molecule has 0 saturated heterocycles. The highest BCUT2D eigenvalue weighted by Crippen LogP contribution is 2.28. The zero-order valence-electron chi connectivity index (χ0n) is 26.2. The molecule has 0 unspecified atom stereocenters. The van der Waals surface area contributed by atoms with Crippen LogP contribution in [0.4, 0.5) is 10.8 Å². The smallest absolute Gasteiger partial charge is 0.272 e. The van der Waals surface area contributed by atoms with Gasteiger partial charge in [0.2, 0.25) is 5.91 Å². The van der Waals surface area contributed by atoms with E-state index in [0.717, 1.165) is 27.5 Å². The fraction of sp³-hybridized carbons (Fsp3) is 0.135. The van der Waals surface area contributed by atoms with E-state index in [9.17, 15) is 14.4 Å². The minimum atomic E-state index is -0.459.